The summed E-state index contributed by atoms with van der Waals surface area (Å²) >= 11 is 0. The number of unbranched alkanes of at least 4 members (excludes halogenated alkanes) is 1. The van der Waals surface area contributed by atoms with Crippen LogP contribution < -0.4 is 0 Å². The highest BCUT2D eigenvalue weighted by molar-refractivity contribution is 4.90. The van der Waals surface area contributed by atoms with Gasteiger partial charge < -0.3 is 9.47 Å². The van der Waals surface area contributed by atoms with Gasteiger partial charge in [-0.2, -0.15) is 0 Å². The minimum absolute atomic E-state index is 0.450. The van der Waals surface area contributed by atoms with Crippen LogP contribution in [0.3, 0.4) is 0 Å². The lowest BCUT2D eigenvalue weighted by Gasteiger charge is -2.44. The standard InChI is InChI=1S/C23H44O2/c1-6-8-9-19(7-2)16-25-22-15-21(23(24-5)14-18(22)4)20-12-10-17(3)11-13-20/h17-23H,6-16H2,1-5H3. The lowest BCUT2D eigenvalue weighted by molar-refractivity contribution is -0.102. The summed E-state index contributed by atoms with van der Waals surface area (Å²) in [6.45, 7) is 10.4. The third kappa shape index (κ3) is 6.24. The fourth-order valence-corrected chi connectivity index (χ4v) is 5.22. The Kier molecular flexibility index (Phi) is 9.27. The summed E-state index contributed by atoms with van der Waals surface area (Å²) in [6, 6.07) is 0. The minimum atomic E-state index is 0.450. The van der Waals surface area contributed by atoms with Crippen molar-refractivity contribution in [1.82, 2.24) is 0 Å². The van der Waals surface area contributed by atoms with E-state index < -0.39 is 0 Å². The van der Waals surface area contributed by atoms with Crippen LogP contribution in [0.15, 0.2) is 0 Å². The molecule has 0 heterocycles. The van der Waals surface area contributed by atoms with Gasteiger partial charge in [-0.15, -0.1) is 0 Å². The van der Waals surface area contributed by atoms with Gasteiger partial charge in [-0.25, -0.2) is 0 Å². The summed E-state index contributed by atoms with van der Waals surface area (Å²) in [4.78, 5) is 0. The van der Waals surface area contributed by atoms with Gasteiger partial charge in [0.15, 0.2) is 0 Å². The van der Waals surface area contributed by atoms with E-state index in [1.165, 1.54) is 64.2 Å². The molecule has 25 heavy (non-hydrogen) atoms. The Bertz CT molecular complexity index is 348. The van der Waals surface area contributed by atoms with Crippen LogP contribution >= 0.6 is 0 Å². The molecular weight excluding hydrogens is 308 g/mol. The molecule has 5 unspecified atom stereocenters. The Morgan fingerprint density at radius 1 is 0.960 bits per heavy atom. The molecule has 148 valence electrons. The van der Waals surface area contributed by atoms with Gasteiger partial charge in [0.05, 0.1) is 12.2 Å². The van der Waals surface area contributed by atoms with E-state index in [1.807, 2.05) is 7.11 Å². The average molecular weight is 353 g/mol. The van der Waals surface area contributed by atoms with Crippen LogP contribution in [0.4, 0.5) is 0 Å². The first kappa shape index (κ1) is 21.2. The molecule has 0 radical (unpaired) electrons. The monoisotopic (exact) mass is 352 g/mol. The zero-order valence-corrected chi connectivity index (χ0v) is 17.6. The second-order valence-corrected chi connectivity index (χ2v) is 9.19. The maximum atomic E-state index is 6.52. The summed E-state index contributed by atoms with van der Waals surface area (Å²) in [7, 11) is 1.93. The minimum Gasteiger partial charge on any atom is -0.381 e. The van der Waals surface area contributed by atoms with Gasteiger partial charge in [-0.1, -0.05) is 59.8 Å². The zero-order valence-electron chi connectivity index (χ0n) is 17.6. The first-order valence-corrected chi connectivity index (χ1v) is 11.2. The molecule has 0 aromatic carbocycles. The molecule has 0 aromatic rings. The van der Waals surface area contributed by atoms with Gasteiger partial charge in [0.2, 0.25) is 0 Å². The number of hydrogen-bond donors (Lipinski definition) is 0. The van der Waals surface area contributed by atoms with Crippen LogP contribution in [0, 0.1) is 29.6 Å². The summed E-state index contributed by atoms with van der Waals surface area (Å²) in [5, 5.41) is 0. The molecule has 2 fully saturated rings. The topological polar surface area (TPSA) is 18.5 Å². The molecule has 0 spiro atoms. The van der Waals surface area contributed by atoms with Crippen molar-refractivity contribution in [3.63, 3.8) is 0 Å². The molecule has 0 aromatic heterocycles. The van der Waals surface area contributed by atoms with E-state index in [1.54, 1.807) is 0 Å². The Morgan fingerprint density at radius 2 is 1.68 bits per heavy atom. The van der Waals surface area contributed by atoms with E-state index in [0.29, 0.717) is 18.1 Å². The van der Waals surface area contributed by atoms with E-state index in [-0.39, 0.29) is 0 Å². The molecular formula is C23H44O2. The normalized spacial score (nSPS) is 37.8. The highest BCUT2D eigenvalue weighted by Crippen LogP contribution is 2.43. The van der Waals surface area contributed by atoms with Gasteiger partial charge in [0.25, 0.3) is 0 Å². The average Bonchev–Trinajstić information content (AvgIpc) is 2.63. The fourth-order valence-electron chi connectivity index (χ4n) is 5.22. The molecule has 0 aliphatic heterocycles. The summed E-state index contributed by atoms with van der Waals surface area (Å²) in [6.07, 6.45) is 14.2. The fraction of sp³-hybridized carbons (Fsp3) is 1.00. The second kappa shape index (κ2) is 10.9. The lowest BCUT2D eigenvalue weighted by Crippen LogP contribution is -2.44. The van der Waals surface area contributed by atoms with Gasteiger partial charge >= 0.3 is 0 Å². The van der Waals surface area contributed by atoms with E-state index in [9.17, 15) is 0 Å². The van der Waals surface area contributed by atoms with Gasteiger partial charge in [0.1, 0.15) is 0 Å². The van der Waals surface area contributed by atoms with Crippen LogP contribution in [0.1, 0.15) is 91.9 Å². The Labute approximate surface area is 157 Å². The van der Waals surface area contributed by atoms with Crippen molar-refractivity contribution in [3.8, 4) is 0 Å². The predicted octanol–water partition coefficient (Wildman–Crippen LogP) is 6.48. The molecule has 2 saturated carbocycles. The maximum absolute atomic E-state index is 6.52. The Morgan fingerprint density at radius 3 is 2.28 bits per heavy atom. The first-order chi connectivity index (χ1) is 12.1. The van der Waals surface area contributed by atoms with Crippen molar-refractivity contribution in [2.24, 2.45) is 29.6 Å². The Balaban J connectivity index is 1.90. The highest BCUT2D eigenvalue weighted by Gasteiger charge is 2.40. The molecule has 0 amide bonds. The van der Waals surface area contributed by atoms with Crippen LogP contribution in [0.2, 0.25) is 0 Å². The Hall–Kier alpha value is -0.0800. The first-order valence-electron chi connectivity index (χ1n) is 11.2. The van der Waals surface area contributed by atoms with Crippen molar-refractivity contribution in [3.05, 3.63) is 0 Å². The van der Waals surface area contributed by atoms with Crippen LogP contribution in [0.5, 0.6) is 0 Å². The maximum Gasteiger partial charge on any atom is 0.0606 e. The van der Waals surface area contributed by atoms with Crippen LogP contribution in [-0.2, 0) is 9.47 Å². The number of hydrogen-bond acceptors (Lipinski definition) is 2. The third-order valence-electron chi connectivity index (χ3n) is 7.28. The summed E-state index contributed by atoms with van der Waals surface area (Å²) in [5.74, 6) is 3.89. The number of methoxy groups -OCH3 is 1. The van der Waals surface area contributed by atoms with Crippen molar-refractivity contribution in [1.29, 1.82) is 0 Å². The van der Waals surface area contributed by atoms with Crippen LogP contribution in [0.25, 0.3) is 0 Å². The van der Waals surface area contributed by atoms with Gasteiger partial charge in [-0.05, 0) is 61.7 Å². The molecule has 2 aliphatic carbocycles. The van der Waals surface area contributed by atoms with Gasteiger partial charge in [-0.3, -0.25) is 0 Å². The SMILES string of the molecule is CCCCC(CC)COC1CC(C2CCC(C)CC2)C(OC)CC1C. The largest absolute Gasteiger partial charge is 0.381 e. The molecule has 0 bridgehead atoms. The quantitative estimate of drug-likeness (QED) is 0.473. The molecule has 2 rings (SSSR count). The van der Waals surface area contributed by atoms with Crippen molar-refractivity contribution in [2.75, 3.05) is 13.7 Å². The van der Waals surface area contributed by atoms with E-state index in [0.717, 1.165) is 30.3 Å². The number of ether oxygens (including phenoxy) is 2. The number of rotatable bonds is 9. The molecule has 2 aliphatic rings. The van der Waals surface area contributed by atoms with Crippen molar-refractivity contribution < 1.29 is 9.47 Å². The zero-order chi connectivity index (χ0) is 18.2. The molecule has 5 atom stereocenters. The summed E-state index contributed by atoms with van der Waals surface area (Å²) in [5.41, 5.74) is 0. The molecule has 2 heteroatoms. The van der Waals surface area contributed by atoms with Gasteiger partial charge in [0, 0.05) is 13.7 Å². The molecule has 2 nitrogen and oxygen atoms in total. The van der Waals surface area contributed by atoms with E-state index in [4.69, 9.17) is 9.47 Å². The van der Waals surface area contributed by atoms with E-state index in [2.05, 4.69) is 27.7 Å². The van der Waals surface area contributed by atoms with Crippen molar-refractivity contribution >= 4 is 0 Å². The third-order valence-corrected chi connectivity index (χ3v) is 7.28. The second-order valence-electron chi connectivity index (χ2n) is 9.19. The van der Waals surface area contributed by atoms with Crippen LogP contribution in [-0.4, -0.2) is 25.9 Å². The summed E-state index contributed by atoms with van der Waals surface area (Å²) < 4.78 is 12.5. The highest BCUT2D eigenvalue weighted by atomic mass is 16.5. The van der Waals surface area contributed by atoms with E-state index >= 15 is 0 Å². The smallest absolute Gasteiger partial charge is 0.0606 e. The lowest BCUT2D eigenvalue weighted by atomic mass is 9.67. The molecule has 0 saturated heterocycles. The van der Waals surface area contributed by atoms with Crippen molar-refractivity contribution in [2.45, 2.75) is 104 Å². The predicted molar refractivity (Wildman–Crippen MR) is 107 cm³/mol. The molecule has 0 N–H and O–H groups in total.